The zero-order valence-corrected chi connectivity index (χ0v) is 12.7. The Balaban J connectivity index is 1.98. The fraction of sp³-hybridized carbons (Fsp3) is 0.312. The lowest BCUT2D eigenvalue weighted by molar-refractivity contribution is -0.132. The van der Waals surface area contributed by atoms with E-state index in [2.05, 4.69) is 0 Å². The minimum absolute atomic E-state index is 0.203. The smallest absolute Gasteiger partial charge is 0.308 e. The van der Waals surface area contributed by atoms with Crippen molar-refractivity contribution >= 4 is 35.1 Å². The Kier molecular flexibility index (Phi) is 3.74. The molecule has 5 nitrogen and oxygen atoms in total. The Labute approximate surface area is 132 Å². The standard InChI is InChI=1S/C16H14ClNO4/c1-9(19)22-14-5-3-2-4-13(14)18-15(20)11-7-6-10(17)8-12(11)16(18)21/h2-6,11-12H,7-8H2,1H3/t11-,12+/m0/s1. The van der Waals surface area contributed by atoms with Crippen LogP contribution in [0.1, 0.15) is 19.8 Å². The van der Waals surface area contributed by atoms with E-state index in [1.165, 1.54) is 6.92 Å². The summed E-state index contributed by atoms with van der Waals surface area (Å²) in [6.45, 7) is 1.27. The molecule has 1 aliphatic heterocycles. The molecule has 2 atom stereocenters. The molecule has 0 saturated carbocycles. The van der Waals surface area contributed by atoms with E-state index in [1.807, 2.05) is 0 Å². The third-order valence-corrected chi connectivity index (χ3v) is 4.24. The van der Waals surface area contributed by atoms with Gasteiger partial charge in [0.2, 0.25) is 11.8 Å². The number of hydrogen-bond acceptors (Lipinski definition) is 4. The summed E-state index contributed by atoms with van der Waals surface area (Å²) in [6, 6.07) is 6.53. The molecule has 1 fully saturated rings. The van der Waals surface area contributed by atoms with Crippen molar-refractivity contribution in [2.75, 3.05) is 4.90 Å². The first-order valence-corrected chi connectivity index (χ1v) is 7.36. The van der Waals surface area contributed by atoms with E-state index in [1.54, 1.807) is 30.3 Å². The summed E-state index contributed by atoms with van der Waals surface area (Å²) in [6.07, 6.45) is 2.62. The molecule has 0 spiro atoms. The van der Waals surface area contributed by atoms with E-state index in [-0.39, 0.29) is 23.5 Å². The topological polar surface area (TPSA) is 63.7 Å². The maximum absolute atomic E-state index is 12.6. The van der Waals surface area contributed by atoms with E-state index >= 15 is 0 Å². The maximum atomic E-state index is 12.6. The quantitative estimate of drug-likeness (QED) is 0.477. The second kappa shape index (κ2) is 5.57. The first-order valence-electron chi connectivity index (χ1n) is 6.99. The van der Waals surface area contributed by atoms with Crippen LogP contribution in [0.5, 0.6) is 5.75 Å². The van der Waals surface area contributed by atoms with Crippen LogP contribution in [0.25, 0.3) is 0 Å². The summed E-state index contributed by atoms with van der Waals surface area (Å²) in [5.74, 6) is -1.69. The molecule has 0 unspecified atom stereocenters. The summed E-state index contributed by atoms with van der Waals surface area (Å²) in [7, 11) is 0. The van der Waals surface area contributed by atoms with Crippen LogP contribution in [-0.4, -0.2) is 17.8 Å². The molecule has 0 bridgehead atoms. The fourth-order valence-electron chi connectivity index (χ4n) is 2.95. The lowest BCUT2D eigenvalue weighted by Gasteiger charge is -2.18. The van der Waals surface area contributed by atoms with Crippen molar-refractivity contribution in [3.05, 3.63) is 35.4 Å². The van der Waals surface area contributed by atoms with E-state index in [0.717, 1.165) is 4.90 Å². The van der Waals surface area contributed by atoms with E-state index < -0.39 is 11.9 Å². The summed E-state index contributed by atoms with van der Waals surface area (Å²) in [4.78, 5) is 37.5. The van der Waals surface area contributed by atoms with Gasteiger partial charge in [-0.25, -0.2) is 4.90 Å². The molecule has 1 aliphatic carbocycles. The predicted molar refractivity (Wildman–Crippen MR) is 80.4 cm³/mol. The first-order chi connectivity index (χ1) is 10.5. The number of imide groups is 1. The van der Waals surface area contributed by atoms with Gasteiger partial charge in [-0.15, -0.1) is 0 Å². The maximum Gasteiger partial charge on any atom is 0.308 e. The molecule has 1 aromatic carbocycles. The molecule has 1 saturated heterocycles. The Morgan fingerprint density at radius 1 is 1.23 bits per heavy atom. The number of fused-ring (bicyclic) bond motifs is 1. The zero-order chi connectivity index (χ0) is 15.9. The third-order valence-electron chi connectivity index (χ3n) is 3.93. The van der Waals surface area contributed by atoms with Crippen LogP contribution in [0.3, 0.4) is 0 Å². The highest BCUT2D eigenvalue weighted by molar-refractivity contribution is 6.30. The van der Waals surface area contributed by atoms with Gasteiger partial charge < -0.3 is 4.74 Å². The molecule has 22 heavy (non-hydrogen) atoms. The highest BCUT2D eigenvalue weighted by Crippen LogP contribution is 2.42. The number of esters is 1. The van der Waals surface area contributed by atoms with Gasteiger partial charge in [0.25, 0.3) is 0 Å². The van der Waals surface area contributed by atoms with Gasteiger partial charge in [-0.05, 0) is 25.0 Å². The molecule has 3 rings (SSSR count). The zero-order valence-electron chi connectivity index (χ0n) is 11.9. The number of rotatable bonds is 2. The van der Waals surface area contributed by atoms with Crippen LogP contribution in [-0.2, 0) is 14.4 Å². The van der Waals surface area contributed by atoms with Gasteiger partial charge in [0.1, 0.15) is 0 Å². The van der Waals surface area contributed by atoms with E-state index in [0.29, 0.717) is 23.6 Å². The molecule has 0 radical (unpaired) electrons. The summed E-state index contributed by atoms with van der Waals surface area (Å²) >= 11 is 6.00. The Morgan fingerprint density at radius 3 is 2.64 bits per heavy atom. The largest absolute Gasteiger partial charge is 0.424 e. The number of carbonyl (C=O) groups is 3. The van der Waals surface area contributed by atoms with Gasteiger partial charge in [-0.2, -0.15) is 0 Å². The highest BCUT2D eigenvalue weighted by atomic mass is 35.5. The van der Waals surface area contributed by atoms with Gasteiger partial charge >= 0.3 is 5.97 Å². The number of allylic oxidation sites excluding steroid dienone is 2. The van der Waals surface area contributed by atoms with Crippen molar-refractivity contribution in [2.45, 2.75) is 19.8 Å². The first kappa shape index (κ1) is 14.8. The van der Waals surface area contributed by atoms with Gasteiger partial charge in [0.05, 0.1) is 17.5 Å². The number of para-hydroxylation sites is 2. The average molecular weight is 320 g/mol. The van der Waals surface area contributed by atoms with Gasteiger partial charge in [0, 0.05) is 12.0 Å². The molecule has 114 valence electrons. The molecule has 1 heterocycles. The van der Waals surface area contributed by atoms with Gasteiger partial charge in [0.15, 0.2) is 5.75 Å². The molecule has 0 N–H and O–H groups in total. The Morgan fingerprint density at radius 2 is 1.91 bits per heavy atom. The monoisotopic (exact) mass is 319 g/mol. The minimum Gasteiger partial charge on any atom is -0.424 e. The number of nitrogens with zero attached hydrogens (tertiary/aromatic N) is 1. The van der Waals surface area contributed by atoms with Gasteiger partial charge in [-0.3, -0.25) is 14.4 Å². The second-order valence-corrected chi connectivity index (χ2v) is 5.86. The van der Waals surface area contributed by atoms with Crippen LogP contribution in [0, 0.1) is 11.8 Å². The summed E-state index contributed by atoms with van der Waals surface area (Å²) in [5.41, 5.74) is 0.304. The summed E-state index contributed by atoms with van der Waals surface area (Å²) < 4.78 is 5.10. The Hall–Kier alpha value is -2.14. The SMILES string of the molecule is CC(=O)Oc1ccccc1N1C(=O)[C@H]2CC=C(Cl)C[C@H]2C1=O. The predicted octanol–water partition coefficient (Wildman–Crippen LogP) is 2.63. The van der Waals surface area contributed by atoms with Gasteiger partial charge in [-0.1, -0.05) is 29.8 Å². The molecule has 2 aliphatic rings. The van der Waals surface area contributed by atoms with Crippen LogP contribution in [0.2, 0.25) is 0 Å². The number of carbonyl (C=O) groups excluding carboxylic acids is 3. The lowest BCUT2D eigenvalue weighted by Crippen LogP contribution is -2.31. The van der Waals surface area contributed by atoms with Crippen molar-refractivity contribution in [1.82, 2.24) is 0 Å². The Bertz CT molecular complexity index is 697. The number of benzene rings is 1. The van der Waals surface area contributed by atoms with Crippen LogP contribution in [0.15, 0.2) is 35.4 Å². The number of hydrogen-bond donors (Lipinski definition) is 0. The van der Waals surface area contributed by atoms with Crippen LogP contribution < -0.4 is 9.64 Å². The average Bonchev–Trinajstić information content (AvgIpc) is 2.71. The molecule has 6 heteroatoms. The molecular weight excluding hydrogens is 306 g/mol. The van der Waals surface area contributed by atoms with E-state index in [9.17, 15) is 14.4 Å². The lowest BCUT2D eigenvalue weighted by atomic mass is 9.85. The molecular formula is C16H14ClNO4. The number of amides is 2. The van der Waals surface area contributed by atoms with Crippen molar-refractivity contribution in [3.63, 3.8) is 0 Å². The third kappa shape index (κ3) is 2.41. The molecule has 0 aromatic heterocycles. The highest BCUT2D eigenvalue weighted by Gasteiger charge is 2.49. The van der Waals surface area contributed by atoms with Crippen LogP contribution >= 0.6 is 11.6 Å². The van der Waals surface area contributed by atoms with Crippen LogP contribution in [0.4, 0.5) is 5.69 Å². The molecule has 2 amide bonds. The van der Waals surface area contributed by atoms with Crippen molar-refractivity contribution in [3.8, 4) is 5.75 Å². The van der Waals surface area contributed by atoms with Crippen molar-refractivity contribution < 1.29 is 19.1 Å². The number of ether oxygens (including phenoxy) is 1. The van der Waals surface area contributed by atoms with Crippen molar-refractivity contribution in [1.29, 1.82) is 0 Å². The second-order valence-electron chi connectivity index (χ2n) is 5.38. The number of anilines is 1. The number of halogens is 1. The molecule has 1 aromatic rings. The minimum atomic E-state index is -0.506. The normalized spacial score (nSPS) is 24.1. The van der Waals surface area contributed by atoms with E-state index in [4.69, 9.17) is 16.3 Å². The summed E-state index contributed by atoms with van der Waals surface area (Å²) in [5, 5.41) is 0.609. The fourth-order valence-corrected chi connectivity index (χ4v) is 3.20. The van der Waals surface area contributed by atoms with Crippen molar-refractivity contribution in [2.24, 2.45) is 11.8 Å².